The lowest BCUT2D eigenvalue weighted by atomic mass is 9.88. The van der Waals surface area contributed by atoms with Gasteiger partial charge in [0.15, 0.2) is 5.78 Å². The summed E-state index contributed by atoms with van der Waals surface area (Å²) in [5.41, 5.74) is 1.64. The molecule has 2 aromatic rings. The van der Waals surface area contributed by atoms with E-state index in [1.54, 1.807) is 7.11 Å². The topological polar surface area (TPSA) is 46.6 Å². The predicted octanol–water partition coefficient (Wildman–Crippen LogP) is 3.89. The van der Waals surface area contributed by atoms with Gasteiger partial charge in [-0.1, -0.05) is 12.1 Å². The number of rotatable bonds is 6. The van der Waals surface area contributed by atoms with Crippen molar-refractivity contribution >= 4 is 11.7 Å². The molecular weight excluding hydrogens is 345 g/mol. The van der Waals surface area contributed by atoms with Crippen molar-refractivity contribution in [3.63, 3.8) is 0 Å². The van der Waals surface area contributed by atoms with Crippen LogP contribution in [0.25, 0.3) is 0 Å². The summed E-state index contributed by atoms with van der Waals surface area (Å²) < 4.78 is 18.1. The fraction of sp³-hybridized carbons (Fsp3) is 0.364. The molecule has 0 aromatic heterocycles. The number of ether oxygens (including phenoxy) is 1. The number of nitrogens with zero attached hydrogens (tertiary/aromatic N) is 1. The summed E-state index contributed by atoms with van der Waals surface area (Å²) >= 11 is 0. The minimum atomic E-state index is -0.344. The minimum Gasteiger partial charge on any atom is -0.497 e. The van der Waals surface area contributed by atoms with Gasteiger partial charge >= 0.3 is 0 Å². The number of benzene rings is 2. The monoisotopic (exact) mass is 369 g/mol. The van der Waals surface area contributed by atoms with Crippen molar-refractivity contribution < 1.29 is 18.7 Å². The van der Waals surface area contributed by atoms with Gasteiger partial charge in [0, 0.05) is 31.0 Å². The lowest BCUT2D eigenvalue weighted by Gasteiger charge is -2.31. The molecule has 0 atom stereocenters. The van der Waals surface area contributed by atoms with Gasteiger partial charge in [0.25, 0.3) is 0 Å². The molecule has 4 nitrogen and oxygen atoms in total. The highest BCUT2D eigenvalue weighted by atomic mass is 19.1. The van der Waals surface area contributed by atoms with Crippen LogP contribution >= 0.6 is 0 Å². The molecule has 0 N–H and O–H groups in total. The Morgan fingerprint density at radius 2 is 1.67 bits per heavy atom. The maximum Gasteiger partial charge on any atom is 0.222 e. The molecule has 0 aliphatic carbocycles. The molecule has 1 aliphatic heterocycles. The van der Waals surface area contributed by atoms with Gasteiger partial charge in [-0.15, -0.1) is 0 Å². The highest BCUT2D eigenvalue weighted by Gasteiger charge is 2.27. The molecule has 1 heterocycles. The number of halogens is 1. The first kappa shape index (κ1) is 19.1. The van der Waals surface area contributed by atoms with Gasteiger partial charge in [-0.3, -0.25) is 9.59 Å². The van der Waals surface area contributed by atoms with E-state index < -0.39 is 0 Å². The van der Waals surface area contributed by atoms with Gasteiger partial charge < -0.3 is 9.64 Å². The van der Waals surface area contributed by atoms with Crippen molar-refractivity contribution in [2.24, 2.45) is 5.92 Å². The third-order valence-corrected chi connectivity index (χ3v) is 5.13. The Balaban J connectivity index is 1.47. The van der Waals surface area contributed by atoms with Gasteiger partial charge in [-0.25, -0.2) is 4.39 Å². The second-order valence-corrected chi connectivity index (χ2v) is 6.87. The first-order valence-corrected chi connectivity index (χ1v) is 9.27. The van der Waals surface area contributed by atoms with Gasteiger partial charge in [-0.05, 0) is 61.2 Å². The van der Waals surface area contributed by atoms with Gasteiger partial charge in [0.1, 0.15) is 11.6 Å². The zero-order valence-electron chi connectivity index (χ0n) is 15.5. The number of piperidine rings is 1. The molecule has 0 unspecified atom stereocenters. The van der Waals surface area contributed by atoms with E-state index in [-0.39, 0.29) is 23.4 Å². The maximum atomic E-state index is 13.0. The smallest absolute Gasteiger partial charge is 0.222 e. The van der Waals surface area contributed by atoms with E-state index >= 15 is 0 Å². The number of Topliss-reactive ketones (excluding diaryl/α,β-unsaturated/α-hetero) is 1. The molecule has 27 heavy (non-hydrogen) atoms. The third-order valence-electron chi connectivity index (χ3n) is 5.13. The van der Waals surface area contributed by atoms with Crippen LogP contribution in [-0.2, 0) is 11.2 Å². The van der Waals surface area contributed by atoms with Crippen molar-refractivity contribution in [3.8, 4) is 5.75 Å². The maximum absolute atomic E-state index is 13.0. The number of carbonyl (C=O) groups excluding carboxylic acids is 2. The summed E-state index contributed by atoms with van der Waals surface area (Å²) in [5.74, 6) is 0.529. The third kappa shape index (κ3) is 4.94. The van der Waals surface area contributed by atoms with Crippen molar-refractivity contribution in [1.82, 2.24) is 4.90 Å². The van der Waals surface area contributed by atoms with Crippen molar-refractivity contribution in [2.75, 3.05) is 20.2 Å². The number of likely N-dealkylation sites (tertiary alicyclic amines) is 1. The first-order chi connectivity index (χ1) is 13.1. The van der Waals surface area contributed by atoms with Crippen LogP contribution in [0.1, 0.15) is 35.2 Å². The Hall–Kier alpha value is -2.69. The molecule has 2 aromatic carbocycles. The molecule has 3 rings (SSSR count). The van der Waals surface area contributed by atoms with Crippen molar-refractivity contribution in [3.05, 3.63) is 65.5 Å². The molecule has 5 heteroatoms. The Labute approximate surface area is 158 Å². The number of methoxy groups -OCH3 is 1. The number of hydrogen-bond acceptors (Lipinski definition) is 3. The van der Waals surface area contributed by atoms with E-state index in [2.05, 4.69) is 0 Å². The molecular formula is C22H24FNO3. The van der Waals surface area contributed by atoms with Gasteiger partial charge in [-0.2, -0.15) is 0 Å². The molecule has 1 amide bonds. The van der Waals surface area contributed by atoms with Crippen molar-refractivity contribution in [2.45, 2.75) is 25.7 Å². The summed E-state index contributed by atoms with van der Waals surface area (Å²) in [6.07, 6.45) is 2.47. The zero-order chi connectivity index (χ0) is 19.2. The van der Waals surface area contributed by atoms with E-state index in [4.69, 9.17) is 4.74 Å². The number of hydrogen-bond donors (Lipinski definition) is 0. The lowest BCUT2D eigenvalue weighted by Crippen LogP contribution is -2.40. The summed E-state index contributed by atoms with van der Waals surface area (Å²) in [6, 6.07) is 13.4. The Morgan fingerprint density at radius 1 is 1.04 bits per heavy atom. The molecule has 1 saturated heterocycles. The number of amides is 1. The predicted molar refractivity (Wildman–Crippen MR) is 101 cm³/mol. The van der Waals surface area contributed by atoms with Crippen LogP contribution in [-0.4, -0.2) is 36.8 Å². The van der Waals surface area contributed by atoms with Crippen LogP contribution in [0, 0.1) is 11.7 Å². The van der Waals surface area contributed by atoms with Gasteiger partial charge in [0.2, 0.25) is 5.91 Å². The largest absolute Gasteiger partial charge is 0.497 e. The summed E-state index contributed by atoms with van der Waals surface area (Å²) in [5, 5.41) is 0. The average Bonchev–Trinajstić information content (AvgIpc) is 2.72. The van der Waals surface area contributed by atoms with E-state index in [0.717, 1.165) is 11.3 Å². The first-order valence-electron chi connectivity index (χ1n) is 9.27. The van der Waals surface area contributed by atoms with E-state index in [0.29, 0.717) is 44.3 Å². The highest BCUT2D eigenvalue weighted by molar-refractivity contribution is 5.98. The van der Waals surface area contributed by atoms with Crippen LogP contribution in [0.3, 0.4) is 0 Å². The fourth-order valence-corrected chi connectivity index (χ4v) is 3.44. The van der Waals surface area contributed by atoms with Crippen LogP contribution in [0.2, 0.25) is 0 Å². The number of carbonyl (C=O) groups is 2. The molecule has 0 saturated carbocycles. The summed E-state index contributed by atoms with van der Waals surface area (Å²) in [4.78, 5) is 26.8. The molecule has 0 radical (unpaired) electrons. The number of aryl methyl sites for hydroxylation is 1. The molecule has 0 spiro atoms. The van der Waals surface area contributed by atoms with Crippen LogP contribution < -0.4 is 4.74 Å². The average molecular weight is 369 g/mol. The highest BCUT2D eigenvalue weighted by Crippen LogP contribution is 2.23. The fourth-order valence-electron chi connectivity index (χ4n) is 3.44. The van der Waals surface area contributed by atoms with Crippen LogP contribution in [0.5, 0.6) is 5.75 Å². The molecule has 142 valence electrons. The van der Waals surface area contributed by atoms with Crippen LogP contribution in [0.15, 0.2) is 48.5 Å². The molecule has 1 aliphatic rings. The molecule has 0 bridgehead atoms. The quantitative estimate of drug-likeness (QED) is 0.726. The van der Waals surface area contributed by atoms with Crippen LogP contribution in [0.4, 0.5) is 4.39 Å². The van der Waals surface area contributed by atoms with E-state index in [1.165, 1.54) is 24.3 Å². The van der Waals surface area contributed by atoms with E-state index in [9.17, 15) is 14.0 Å². The Kier molecular flexibility index (Phi) is 6.22. The lowest BCUT2D eigenvalue weighted by molar-refractivity contribution is -0.132. The minimum absolute atomic E-state index is 0.0420. The Bertz CT molecular complexity index is 778. The SMILES string of the molecule is COc1ccc(CCC(=O)N2CCC(C(=O)c3ccc(F)cc3)CC2)cc1. The van der Waals surface area contributed by atoms with Crippen molar-refractivity contribution in [1.29, 1.82) is 0 Å². The second kappa shape index (κ2) is 8.80. The van der Waals surface area contributed by atoms with E-state index in [1.807, 2.05) is 29.2 Å². The van der Waals surface area contributed by atoms with Gasteiger partial charge in [0.05, 0.1) is 7.11 Å². The second-order valence-electron chi connectivity index (χ2n) is 6.87. The summed E-state index contributed by atoms with van der Waals surface area (Å²) in [7, 11) is 1.63. The zero-order valence-corrected chi connectivity index (χ0v) is 15.5. The Morgan fingerprint density at radius 3 is 2.26 bits per heavy atom. The number of ketones is 1. The standard InChI is InChI=1S/C22H24FNO3/c1-27-20-9-2-16(3-10-20)4-11-21(25)24-14-12-18(13-15-24)22(26)17-5-7-19(23)8-6-17/h2-3,5-10,18H,4,11-15H2,1H3. The molecule has 1 fully saturated rings. The summed E-state index contributed by atoms with van der Waals surface area (Å²) in [6.45, 7) is 1.19. The normalized spacial score (nSPS) is 14.8.